The van der Waals surface area contributed by atoms with Crippen molar-refractivity contribution in [1.82, 2.24) is 42.3 Å². The van der Waals surface area contributed by atoms with Crippen molar-refractivity contribution in [2.75, 3.05) is 90.4 Å². The smallest absolute Gasteiger partial charge is 0.662 e. The zero-order valence-electron chi connectivity index (χ0n) is 69.0. The van der Waals surface area contributed by atoms with E-state index in [9.17, 15) is 110 Å². The normalized spacial score (nSPS) is 14.2. The van der Waals surface area contributed by atoms with Crippen LogP contribution in [0.5, 0.6) is 0 Å². The van der Waals surface area contributed by atoms with E-state index in [1.54, 1.807) is 48.5 Å². The summed E-state index contributed by atoms with van der Waals surface area (Å²) in [5, 5.41) is 20.4. The van der Waals surface area contributed by atoms with Crippen LogP contribution in [0.3, 0.4) is 0 Å². The molecule has 1 fully saturated rings. The summed E-state index contributed by atoms with van der Waals surface area (Å²) >= 11 is 6.33. The fraction of sp³-hybridized carbons (Fsp3) is 0.615. The summed E-state index contributed by atoms with van der Waals surface area (Å²) in [6.45, 7) is 24.5. The average Bonchev–Trinajstić information content (AvgIpc) is 1.50. The van der Waals surface area contributed by atoms with Gasteiger partial charge in [-0.25, -0.2) is 19.2 Å². The minimum absolute atomic E-state index is 0. The van der Waals surface area contributed by atoms with Crippen LogP contribution in [0.25, 0.3) is 0 Å². The molecule has 7 N–H and O–H groups in total. The molecular formula is C65H104BrKN10O38S5. The summed E-state index contributed by atoms with van der Waals surface area (Å²) in [5.41, 5.74) is -2.21. The summed E-state index contributed by atoms with van der Waals surface area (Å²) < 4.78 is 155. The maximum Gasteiger partial charge on any atom is 1.00 e. The zero-order chi connectivity index (χ0) is 94.0. The van der Waals surface area contributed by atoms with E-state index in [0.29, 0.717) is 26.5 Å². The van der Waals surface area contributed by atoms with Gasteiger partial charge < -0.3 is 49.1 Å². The van der Waals surface area contributed by atoms with Crippen molar-refractivity contribution >= 4 is 171 Å². The number of amides is 8. The first-order valence-electron chi connectivity index (χ1n) is 34.6. The third-order valence-electron chi connectivity index (χ3n) is 12.2. The first kappa shape index (κ1) is 123. The number of hydroxylamine groups is 2. The Labute approximate surface area is 751 Å². The van der Waals surface area contributed by atoms with Gasteiger partial charge in [-0.05, 0) is 102 Å². The fourth-order valence-corrected chi connectivity index (χ4v) is 10.0. The minimum atomic E-state index is -4.87. The van der Waals surface area contributed by atoms with Gasteiger partial charge in [0, 0.05) is 120 Å². The van der Waals surface area contributed by atoms with Crippen molar-refractivity contribution in [1.29, 1.82) is 4.78 Å². The number of imide groups is 4. The number of hydrogen-bond donors (Lipinski definition) is 7. The Balaban J connectivity index is -0.000000318. The Bertz CT molecular complexity index is 3980. The van der Waals surface area contributed by atoms with E-state index in [2.05, 4.69) is 68.9 Å². The number of esters is 6. The molecule has 5 aliphatic rings. The monoisotopic (exact) mass is 1910 g/mol. The Morgan fingerprint density at radius 1 is 0.475 bits per heavy atom. The number of nitrogens with one attached hydrogen (secondary N) is 2. The van der Waals surface area contributed by atoms with Crippen LogP contribution in [0.1, 0.15) is 149 Å². The summed E-state index contributed by atoms with van der Waals surface area (Å²) in [7, 11) is -18.6. The van der Waals surface area contributed by atoms with Gasteiger partial charge in [0.2, 0.25) is 0 Å². The minimum Gasteiger partial charge on any atom is -0.662 e. The molecule has 680 valence electrons. The standard InChI is InChI=1S/C12H13N3O9S.C12H18N2O7S.C9H19NO5S.C9H19NO2.C8H10N2O7S.C6H11BrO2.C4H2O3.C4H10.CH2O3.K.HNS/c16-8-1-2-9(17)14(8)6-5-13(25(21,22)23)7-12(20)24-15-10(18)3-4-11(15)19;1-12(2,3)21-11(17)8-13(22(18,19)20)6-7-14-9(15)4-5-10(14)16;1-5-6-10(16(12,13)14)7-8(11)15-9(2,3)4;1-5-6-10-7-8(11)12-9(2,3)4;11-6-1-2-7(12)10(6)4-3-9(5-8(13)14)18(15,16)17;1-6(2,3)9-5(8)4-7;5-3-1-2-4(6)7-3;1-3-4-2;2-1-4-3;;1-2/h1-2H,3-7H2,(H,21,22,23);4-5H,6-8H2,1-3H3,(H,18,19,20);5-7H2,1-4H3,(H,12,13,14);10H,5-7H2,1-4H3;1-2H,3-5H2,(H,13,14)(H,15,16,17);4H2,1-3H3;1-2H;3-4H2,1-2H3;1,3H;;1H/q;;;;;;;;;+1;/p-1. The molecule has 1 saturated heterocycles. The molecule has 5 heterocycles. The molecule has 0 radical (unpaired) electrons. The number of ether oxygens (including phenoxy) is 5. The molecule has 0 bridgehead atoms. The van der Waals surface area contributed by atoms with Crippen molar-refractivity contribution in [3.8, 4) is 0 Å². The van der Waals surface area contributed by atoms with E-state index in [1.165, 1.54) is 12.8 Å². The van der Waals surface area contributed by atoms with Crippen LogP contribution >= 0.6 is 15.9 Å². The Hall–Kier alpha value is -7.51. The second kappa shape index (κ2) is 60.9. The van der Waals surface area contributed by atoms with E-state index in [0.717, 1.165) is 71.4 Å². The van der Waals surface area contributed by atoms with Gasteiger partial charge in [-0.15, -0.1) is 5.06 Å². The molecule has 48 nitrogen and oxygen atoms in total. The van der Waals surface area contributed by atoms with Gasteiger partial charge >= 0.3 is 140 Å². The number of rotatable bonds is 31. The van der Waals surface area contributed by atoms with Crippen LogP contribution in [0.4, 0.5) is 0 Å². The molecule has 0 aromatic heterocycles. The number of nitrogens with zero attached hydrogens (tertiary/aromatic N) is 8. The Morgan fingerprint density at radius 2 is 0.742 bits per heavy atom. The van der Waals surface area contributed by atoms with Crippen molar-refractivity contribution in [3.63, 3.8) is 0 Å². The maximum atomic E-state index is 11.7. The molecule has 120 heavy (non-hydrogen) atoms. The molecule has 0 atom stereocenters. The molecule has 5 rings (SSSR count). The first-order valence-corrected chi connectivity index (χ1v) is 41.7. The Kier molecular flexibility index (Phi) is 62.6. The molecule has 8 amide bonds. The SMILES string of the molecule is CC(C)(C)OC(=O)CBr.CC(C)(C)OC(=O)CN(CCN1C(=O)C=CC1=O)S(=O)(=O)O.CCCC.CCCN(CC(=O)OC(C)(C)C)S(=O)(=O)O.CCCNCC(=O)OC(C)(C)C.N=S.O=C(CN(CCN1C(=O)C=CC1=O)S(=O)(=O)O)ON1C(=O)CCC1=O.O=C(O)CN(CCN1C(=O)C=CC1=O)S(=O)(=O)O.O=C1C=CC(=O)O1.O=CO[O-].[K+]. The number of unbranched alkanes of at least 4 members (excludes halogenated alkanes) is 1. The molecular weight excluding hydrogens is 1810 g/mol. The van der Waals surface area contributed by atoms with Crippen LogP contribution in [0.15, 0.2) is 48.6 Å². The second-order valence-corrected chi connectivity index (χ2v) is 33.3. The number of aliphatic carboxylic acids is 1. The quantitative estimate of drug-likeness (QED) is 0.00299. The van der Waals surface area contributed by atoms with Crippen molar-refractivity contribution < 1.29 is 229 Å². The van der Waals surface area contributed by atoms with Gasteiger partial charge in [0.25, 0.3) is 53.7 Å². The number of alkyl halides is 1. The van der Waals surface area contributed by atoms with Crippen molar-refractivity contribution in [2.45, 2.75) is 172 Å². The number of hydrogen-bond acceptors (Lipinski definition) is 36. The van der Waals surface area contributed by atoms with Crippen LogP contribution < -0.4 is 62.0 Å². The summed E-state index contributed by atoms with van der Waals surface area (Å²) in [6, 6.07) is 0. The molecule has 0 aromatic rings. The van der Waals surface area contributed by atoms with Crippen molar-refractivity contribution in [3.05, 3.63) is 48.6 Å². The van der Waals surface area contributed by atoms with Crippen LogP contribution in [-0.2, 0) is 169 Å². The topological polar surface area (TPSA) is 677 Å². The van der Waals surface area contributed by atoms with Crippen LogP contribution in [0, 0.1) is 4.78 Å². The van der Waals surface area contributed by atoms with E-state index in [1.807, 2.05) is 41.5 Å². The number of carbonyl (C=O) groups is 17. The molecule has 0 spiro atoms. The van der Waals surface area contributed by atoms with Gasteiger partial charge in [-0.1, -0.05) is 56.5 Å². The van der Waals surface area contributed by atoms with E-state index < -0.39 is 188 Å². The van der Waals surface area contributed by atoms with Gasteiger partial charge in [-0.3, -0.25) is 100 Å². The van der Waals surface area contributed by atoms with Gasteiger partial charge in [0.1, 0.15) is 53.9 Å². The summed E-state index contributed by atoms with van der Waals surface area (Å²) in [5.74, 6) is -11.1. The predicted molar refractivity (Wildman–Crippen MR) is 414 cm³/mol. The number of cyclic esters (lactones) is 2. The van der Waals surface area contributed by atoms with Gasteiger partial charge in [0.15, 0.2) is 0 Å². The van der Waals surface area contributed by atoms with E-state index >= 15 is 0 Å². The molecule has 0 saturated carbocycles. The first-order chi connectivity index (χ1) is 54.3. The van der Waals surface area contributed by atoms with Gasteiger partial charge in [0.05, 0.1) is 6.54 Å². The number of halogens is 1. The Morgan fingerprint density at radius 3 is 0.958 bits per heavy atom. The summed E-state index contributed by atoms with van der Waals surface area (Å²) in [4.78, 5) is 195. The maximum absolute atomic E-state index is 11.7. The number of carboxylic acid groups (broad SMARTS) is 1. The third-order valence-corrected chi connectivity index (χ3v) is 16.5. The van der Waals surface area contributed by atoms with Crippen LogP contribution in [-0.4, -0.2) is 308 Å². The molecule has 5 aliphatic heterocycles. The largest absolute Gasteiger partial charge is 1.00 e. The van der Waals surface area contributed by atoms with E-state index in [-0.39, 0.29) is 132 Å². The van der Waals surface area contributed by atoms with Gasteiger partial charge in [-0.2, -0.15) is 50.9 Å². The molecule has 0 aromatic carbocycles. The number of carboxylic acids is 1. The average molecular weight is 1910 g/mol. The van der Waals surface area contributed by atoms with Crippen molar-refractivity contribution in [2.24, 2.45) is 0 Å². The predicted octanol–water partition coefficient (Wildman–Crippen LogP) is -3.86. The second-order valence-electron chi connectivity index (χ2n) is 27.1. The molecule has 55 heteroatoms. The number of carbonyl (C=O) groups excluding carboxylic acids is 16. The fourth-order valence-electron chi connectivity index (χ4n) is 7.48. The molecule has 0 unspecified atom stereocenters. The molecule has 0 aliphatic carbocycles. The zero-order valence-corrected chi connectivity index (χ0v) is 77.8. The van der Waals surface area contributed by atoms with Crippen LogP contribution in [0.2, 0.25) is 0 Å². The summed E-state index contributed by atoms with van der Waals surface area (Å²) in [6.07, 6.45) is 12.2. The third kappa shape index (κ3) is 63.4. The van der Waals surface area contributed by atoms with E-state index in [4.69, 9.17) is 57.1 Å².